The van der Waals surface area contributed by atoms with E-state index >= 15 is 0 Å². The summed E-state index contributed by atoms with van der Waals surface area (Å²) < 4.78 is 0. The molecule has 1 aromatic rings. The zero-order chi connectivity index (χ0) is 19.0. The monoisotopic (exact) mass is 342 g/mol. The van der Waals surface area contributed by atoms with Gasteiger partial charge in [-0.3, -0.25) is 0 Å². The van der Waals surface area contributed by atoms with Crippen LogP contribution in [0.15, 0.2) is 41.0 Å². The molecule has 0 spiro atoms. The van der Waals surface area contributed by atoms with Crippen LogP contribution >= 0.6 is 0 Å². The molecule has 0 bridgehead atoms. The Morgan fingerprint density at radius 1 is 0.880 bits per heavy atom. The third-order valence-electron chi connectivity index (χ3n) is 4.70. The fourth-order valence-corrected chi connectivity index (χ4v) is 2.82. The highest BCUT2D eigenvalue weighted by Gasteiger charge is 2.11. The molecule has 0 aliphatic heterocycles. The van der Waals surface area contributed by atoms with Crippen LogP contribution in [0.2, 0.25) is 0 Å². The van der Waals surface area contributed by atoms with Crippen LogP contribution in [0, 0.1) is 13.8 Å². The van der Waals surface area contributed by atoms with Crippen LogP contribution in [-0.2, 0) is 6.42 Å². The van der Waals surface area contributed by atoms with Crippen LogP contribution in [-0.4, -0.2) is 10.2 Å². The van der Waals surface area contributed by atoms with E-state index in [1.807, 2.05) is 13.8 Å². The predicted octanol–water partition coefficient (Wildman–Crippen LogP) is 6.68. The van der Waals surface area contributed by atoms with E-state index in [4.69, 9.17) is 0 Å². The summed E-state index contributed by atoms with van der Waals surface area (Å²) >= 11 is 0. The zero-order valence-corrected chi connectivity index (χ0v) is 16.7. The van der Waals surface area contributed by atoms with Gasteiger partial charge in [-0.25, -0.2) is 0 Å². The summed E-state index contributed by atoms with van der Waals surface area (Å²) in [6.07, 6.45) is 11.8. The maximum Gasteiger partial charge on any atom is 0.161 e. The number of aryl methyl sites for hydroxylation is 1. The van der Waals surface area contributed by atoms with Crippen molar-refractivity contribution in [2.75, 3.05) is 0 Å². The van der Waals surface area contributed by atoms with Crippen LogP contribution < -0.4 is 0 Å². The van der Waals surface area contributed by atoms with Gasteiger partial charge in [0.2, 0.25) is 0 Å². The predicted molar refractivity (Wildman–Crippen MR) is 108 cm³/mol. The van der Waals surface area contributed by atoms with E-state index in [9.17, 15) is 10.2 Å². The fraction of sp³-hybridized carbons (Fsp3) is 0.478. The van der Waals surface area contributed by atoms with Crippen LogP contribution in [0.25, 0.3) is 0 Å². The number of aromatic hydroxyl groups is 2. The first kappa shape index (κ1) is 21.1. The van der Waals surface area contributed by atoms with Crippen molar-refractivity contribution in [1.29, 1.82) is 0 Å². The van der Waals surface area contributed by atoms with Gasteiger partial charge < -0.3 is 10.2 Å². The largest absolute Gasteiger partial charge is 0.504 e. The van der Waals surface area contributed by atoms with Crippen molar-refractivity contribution in [2.45, 2.75) is 73.6 Å². The van der Waals surface area contributed by atoms with E-state index in [1.165, 1.54) is 16.7 Å². The molecule has 25 heavy (non-hydrogen) atoms. The normalized spacial score (nSPS) is 12.4. The Bertz CT molecular complexity index is 646. The van der Waals surface area contributed by atoms with Gasteiger partial charge in [0.15, 0.2) is 11.5 Å². The van der Waals surface area contributed by atoms with Gasteiger partial charge in [-0.15, -0.1) is 0 Å². The topological polar surface area (TPSA) is 40.5 Å². The van der Waals surface area contributed by atoms with Gasteiger partial charge in [-0.2, -0.15) is 0 Å². The van der Waals surface area contributed by atoms with E-state index < -0.39 is 0 Å². The standard InChI is InChI=1S/C23H34O2/c1-16(2)9-7-10-17(3)11-8-12-18(4)13-14-21-20(6)19(5)15-22(24)23(21)25/h9,11,13,15,24-25H,7-8,10,12,14H2,1-6H3/b17-11+,18-13+. The minimum atomic E-state index is -0.0286. The van der Waals surface area contributed by atoms with E-state index in [0.29, 0.717) is 6.42 Å². The van der Waals surface area contributed by atoms with Crippen molar-refractivity contribution in [2.24, 2.45) is 0 Å². The maximum atomic E-state index is 10.1. The Hall–Kier alpha value is -1.96. The lowest BCUT2D eigenvalue weighted by molar-refractivity contribution is 0.399. The smallest absolute Gasteiger partial charge is 0.161 e. The summed E-state index contributed by atoms with van der Waals surface area (Å²) in [6, 6.07) is 1.62. The molecule has 0 fully saturated rings. The molecule has 2 N–H and O–H groups in total. The van der Waals surface area contributed by atoms with Crippen LogP contribution in [0.4, 0.5) is 0 Å². The number of rotatable bonds is 8. The first-order valence-corrected chi connectivity index (χ1v) is 9.18. The highest BCUT2D eigenvalue weighted by molar-refractivity contribution is 5.52. The Morgan fingerprint density at radius 3 is 2.04 bits per heavy atom. The van der Waals surface area contributed by atoms with Crippen molar-refractivity contribution in [3.8, 4) is 11.5 Å². The molecule has 0 heterocycles. The average Bonchev–Trinajstić information content (AvgIpc) is 2.52. The third-order valence-corrected chi connectivity index (χ3v) is 4.70. The Kier molecular flexibility index (Phi) is 8.54. The molecule has 0 aliphatic carbocycles. The number of hydrogen-bond donors (Lipinski definition) is 2. The fourth-order valence-electron chi connectivity index (χ4n) is 2.82. The molecule has 0 atom stereocenters. The van der Waals surface area contributed by atoms with Gasteiger partial charge in [0.25, 0.3) is 0 Å². The third kappa shape index (κ3) is 7.21. The lowest BCUT2D eigenvalue weighted by Crippen LogP contribution is -1.93. The summed E-state index contributed by atoms with van der Waals surface area (Å²) in [7, 11) is 0. The Balaban J connectivity index is 2.59. The Labute approximate surface area is 153 Å². The van der Waals surface area contributed by atoms with Gasteiger partial charge >= 0.3 is 0 Å². The van der Waals surface area contributed by atoms with Crippen LogP contribution in [0.1, 0.15) is 70.1 Å². The minimum Gasteiger partial charge on any atom is -0.504 e. The van der Waals surface area contributed by atoms with E-state index in [0.717, 1.165) is 42.4 Å². The second-order valence-corrected chi connectivity index (χ2v) is 7.33. The van der Waals surface area contributed by atoms with Crippen molar-refractivity contribution >= 4 is 0 Å². The van der Waals surface area contributed by atoms with Crippen molar-refractivity contribution in [3.05, 3.63) is 57.7 Å². The summed E-state index contributed by atoms with van der Waals surface area (Å²) in [4.78, 5) is 0. The quantitative estimate of drug-likeness (QED) is 0.409. The molecule has 0 radical (unpaired) electrons. The number of hydrogen-bond acceptors (Lipinski definition) is 2. The molecule has 0 aliphatic rings. The molecular formula is C23H34O2. The summed E-state index contributed by atoms with van der Waals surface area (Å²) in [6.45, 7) is 12.6. The van der Waals surface area contributed by atoms with Crippen molar-refractivity contribution in [3.63, 3.8) is 0 Å². The first-order chi connectivity index (χ1) is 11.7. The average molecular weight is 343 g/mol. The zero-order valence-electron chi connectivity index (χ0n) is 16.7. The van der Waals surface area contributed by atoms with E-state index in [1.54, 1.807) is 6.07 Å². The minimum absolute atomic E-state index is 0.0159. The first-order valence-electron chi connectivity index (χ1n) is 9.18. The maximum absolute atomic E-state index is 10.1. The lowest BCUT2D eigenvalue weighted by Gasteiger charge is -2.11. The van der Waals surface area contributed by atoms with Gasteiger partial charge in [0, 0.05) is 5.56 Å². The lowest BCUT2D eigenvalue weighted by atomic mass is 9.97. The molecule has 0 amide bonds. The molecule has 2 nitrogen and oxygen atoms in total. The highest BCUT2D eigenvalue weighted by Crippen LogP contribution is 2.34. The number of allylic oxidation sites excluding steroid dienone is 6. The van der Waals surface area contributed by atoms with E-state index in [2.05, 4.69) is 45.9 Å². The van der Waals surface area contributed by atoms with Gasteiger partial charge in [0.1, 0.15) is 0 Å². The number of phenols is 2. The summed E-state index contributed by atoms with van der Waals surface area (Å²) in [5.41, 5.74) is 7.02. The molecule has 0 saturated heterocycles. The van der Waals surface area contributed by atoms with Crippen molar-refractivity contribution in [1.82, 2.24) is 0 Å². The number of benzene rings is 1. The molecule has 0 saturated carbocycles. The summed E-state index contributed by atoms with van der Waals surface area (Å²) in [5, 5.41) is 19.9. The molecule has 138 valence electrons. The van der Waals surface area contributed by atoms with Crippen molar-refractivity contribution < 1.29 is 10.2 Å². The highest BCUT2D eigenvalue weighted by atomic mass is 16.3. The van der Waals surface area contributed by atoms with Gasteiger partial charge in [-0.05, 0) is 90.8 Å². The second-order valence-electron chi connectivity index (χ2n) is 7.33. The van der Waals surface area contributed by atoms with Crippen LogP contribution in [0.5, 0.6) is 11.5 Å². The molecule has 0 aromatic heterocycles. The molecule has 0 unspecified atom stereocenters. The SMILES string of the molecule is CC(C)=CCC/C(C)=C/CC/C(C)=C/Cc1c(C)c(C)cc(O)c1O. The molecule has 1 rings (SSSR count). The van der Waals surface area contributed by atoms with Gasteiger partial charge in [0.05, 0.1) is 0 Å². The second kappa shape index (κ2) is 10.1. The Morgan fingerprint density at radius 2 is 1.44 bits per heavy atom. The molecular weight excluding hydrogens is 308 g/mol. The van der Waals surface area contributed by atoms with Gasteiger partial charge in [-0.1, -0.05) is 34.9 Å². The molecule has 1 aromatic carbocycles. The van der Waals surface area contributed by atoms with E-state index in [-0.39, 0.29) is 11.5 Å². The summed E-state index contributed by atoms with van der Waals surface area (Å²) in [5.74, 6) is -0.0127. The molecule has 2 heteroatoms. The van der Waals surface area contributed by atoms with Crippen LogP contribution in [0.3, 0.4) is 0 Å². The number of phenolic OH excluding ortho intramolecular Hbond substituents is 2.